The van der Waals surface area contributed by atoms with Crippen LogP contribution in [-0.4, -0.2) is 77.5 Å². The van der Waals surface area contributed by atoms with E-state index in [4.69, 9.17) is 4.74 Å². The zero-order valence-electron chi connectivity index (χ0n) is 23.8. The molecule has 224 valence electrons. The van der Waals surface area contributed by atoms with Gasteiger partial charge in [-0.25, -0.2) is 8.42 Å². The standard InChI is InChI=1S/C29H36N6O6S/c1-21-10-11-25-26(18-21)41-16-7-15-35-20-23(32-33-35)19-34(14-6-13-30-28(37)22(2)31-29(25)38)27(36)12-17-42(39,40)24-8-4-3-5-9-24/h3-5,8-11,18,20,22H,6-7,12-17,19H2,1-2H3,(H,30,37)(H,31,38)/t22-/m1/s1. The molecular formula is C29H36N6O6S. The van der Waals surface area contributed by atoms with Gasteiger partial charge >= 0.3 is 0 Å². The van der Waals surface area contributed by atoms with Crippen molar-refractivity contribution < 1.29 is 27.5 Å². The first-order chi connectivity index (χ1) is 20.1. The molecule has 2 N–H and O–H groups in total. The molecule has 0 fully saturated rings. The third-order valence-electron chi connectivity index (χ3n) is 6.79. The molecule has 42 heavy (non-hydrogen) atoms. The van der Waals surface area contributed by atoms with Gasteiger partial charge in [0.2, 0.25) is 11.8 Å². The molecular weight excluding hydrogens is 560 g/mol. The van der Waals surface area contributed by atoms with Gasteiger partial charge in [-0.05, 0) is 50.1 Å². The van der Waals surface area contributed by atoms with Crippen LogP contribution in [0.3, 0.4) is 0 Å². The second-order valence-corrected chi connectivity index (χ2v) is 12.3. The second kappa shape index (κ2) is 14.1. The van der Waals surface area contributed by atoms with Crippen LogP contribution in [0, 0.1) is 6.92 Å². The van der Waals surface area contributed by atoms with Crippen LogP contribution in [0.15, 0.2) is 59.6 Å². The Balaban J connectivity index is 1.46. The molecule has 1 atom stereocenters. The number of nitrogens with one attached hydrogen (secondary N) is 2. The van der Waals surface area contributed by atoms with E-state index in [9.17, 15) is 22.8 Å². The SMILES string of the molecule is Cc1ccc2c(c1)OCCCn1cc(nn1)CN(C(=O)CCS(=O)(=O)c1ccccc1)CCCNC(=O)[C@@H](C)NC2=O. The van der Waals surface area contributed by atoms with Crippen LogP contribution in [0.25, 0.3) is 0 Å². The first-order valence-electron chi connectivity index (χ1n) is 13.9. The van der Waals surface area contributed by atoms with E-state index in [1.807, 2.05) is 13.0 Å². The third-order valence-corrected chi connectivity index (χ3v) is 8.53. The number of benzene rings is 2. The Hall–Kier alpha value is -4.26. The summed E-state index contributed by atoms with van der Waals surface area (Å²) in [7, 11) is -3.63. The maximum absolute atomic E-state index is 13.2. The summed E-state index contributed by atoms with van der Waals surface area (Å²) in [5, 5.41) is 13.8. The molecule has 0 saturated heterocycles. The number of hydrogen-bond acceptors (Lipinski definition) is 8. The van der Waals surface area contributed by atoms with Gasteiger partial charge in [-0.1, -0.05) is 29.5 Å². The average Bonchev–Trinajstić information content (AvgIpc) is 3.42. The Bertz CT molecular complexity index is 1510. The monoisotopic (exact) mass is 596 g/mol. The van der Waals surface area contributed by atoms with Crippen LogP contribution >= 0.6 is 0 Å². The number of sulfone groups is 1. The molecule has 12 nitrogen and oxygen atoms in total. The van der Waals surface area contributed by atoms with Gasteiger partial charge in [0.05, 0.1) is 35.6 Å². The molecule has 0 saturated carbocycles. The number of ether oxygens (including phenoxy) is 1. The Kier molecular flexibility index (Phi) is 10.3. The number of aryl methyl sites for hydroxylation is 2. The van der Waals surface area contributed by atoms with Crippen molar-refractivity contribution in [3.63, 3.8) is 0 Å². The molecule has 2 bridgehead atoms. The van der Waals surface area contributed by atoms with Gasteiger partial charge in [0, 0.05) is 32.5 Å². The quantitative estimate of drug-likeness (QED) is 0.463. The highest BCUT2D eigenvalue weighted by molar-refractivity contribution is 7.91. The number of rotatable bonds is 4. The summed E-state index contributed by atoms with van der Waals surface area (Å²) in [4.78, 5) is 40.5. The van der Waals surface area contributed by atoms with E-state index in [1.165, 1.54) is 17.0 Å². The van der Waals surface area contributed by atoms with Crippen molar-refractivity contribution in [2.75, 3.05) is 25.4 Å². The summed E-state index contributed by atoms with van der Waals surface area (Å²) in [5.74, 6) is -1.03. The minimum absolute atomic E-state index is 0.147. The zero-order chi connectivity index (χ0) is 30.1. The van der Waals surface area contributed by atoms with E-state index in [0.717, 1.165) is 5.56 Å². The highest BCUT2D eigenvalue weighted by atomic mass is 32.2. The van der Waals surface area contributed by atoms with E-state index in [1.54, 1.807) is 48.1 Å². The normalized spacial score (nSPS) is 17.5. The predicted octanol–water partition coefficient (Wildman–Crippen LogP) is 1.89. The minimum Gasteiger partial charge on any atom is -0.493 e. The van der Waals surface area contributed by atoms with Crippen molar-refractivity contribution in [3.05, 3.63) is 71.5 Å². The lowest BCUT2D eigenvalue weighted by Crippen LogP contribution is -2.45. The summed E-state index contributed by atoms with van der Waals surface area (Å²) in [6.45, 7) is 4.97. The van der Waals surface area contributed by atoms with Gasteiger partial charge in [0.15, 0.2) is 9.84 Å². The minimum atomic E-state index is -3.63. The van der Waals surface area contributed by atoms with Crippen molar-refractivity contribution in [3.8, 4) is 5.75 Å². The van der Waals surface area contributed by atoms with Gasteiger partial charge in [0.1, 0.15) is 17.5 Å². The fourth-order valence-corrected chi connectivity index (χ4v) is 5.70. The van der Waals surface area contributed by atoms with E-state index in [0.29, 0.717) is 43.0 Å². The smallest absolute Gasteiger partial charge is 0.255 e. The number of carbonyl (C=O) groups is 3. The molecule has 2 heterocycles. The van der Waals surface area contributed by atoms with Gasteiger partial charge in [-0.2, -0.15) is 0 Å². The topological polar surface area (TPSA) is 153 Å². The lowest BCUT2D eigenvalue weighted by Gasteiger charge is -2.22. The van der Waals surface area contributed by atoms with E-state index in [-0.39, 0.29) is 48.5 Å². The Morgan fingerprint density at radius 1 is 1.10 bits per heavy atom. The molecule has 1 aliphatic rings. The molecule has 1 aliphatic heterocycles. The van der Waals surface area contributed by atoms with Gasteiger partial charge < -0.3 is 20.3 Å². The second-order valence-electron chi connectivity index (χ2n) is 10.2. The maximum Gasteiger partial charge on any atom is 0.255 e. The average molecular weight is 597 g/mol. The first kappa shape index (κ1) is 30.7. The molecule has 1 aromatic heterocycles. The summed E-state index contributed by atoms with van der Waals surface area (Å²) >= 11 is 0. The zero-order valence-corrected chi connectivity index (χ0v) is 24.6. The van der Waals surface area contributed by atoms with Crippen molar-refractivity contribution in [1.82, 2.24) is 30.5 Å². The Labute approximate surface area is 245 Å². The van der Waals surface area contributed by atoms with Crippen LogP contribution in [0.5, 0.6) is 5.75 Å². The number of amides is 3. The van der Waals surface area contributed by atoms with Crippen molar-refractivity contribution in [2.45, 2.75) is 57.1 Å². The summed E-state index contributed by atoms with van der Waals surface area (Å²) in [5.41, 5.74) is 1.83. The van der Waals surface area contributed by atoms with Crippen molar-refractivity contribution in [2.24, 2.45) is 0 Å². The third kappa shape index (κ3) is 8.38. The van der Waals surface area contributed by atoms with Gasteiger partial charge in [-0.15, -0.1) is 5.10 Å². The molecule has 2 aromatic carbocycles. The van der Waals surface area contributed by atoms with Crippen LogP contribution < -0.4 is 15.4 Å². The molecule has 3 aromatic rings. The Morgan fingerprint density at radius 2 is 1.88 bits per heavy atom. The summed E-state index contributed by atoms with van der Waals surface area (Å²) in [6, 6.07) is 12.5. The number of nitrogens with zero attached hydrogens (tertiary/aromatic N) is 4. The molecule has 13 heteroatoms. The predicted molar refractivity (Wildman–Crippen MR) is 154 cm³/mol. The molecule has 3 amide bonds. The number of aromatic nitrogens is 3. The fraction of sp³-hybridized carbons (Fsp3) is 0.414. The highest BCUT2D eigenvalue weighted by Gasteiger charge is 2.22. The number of fused-ring (bicyclic) bond motifs is 3. The lowest BCUT2D eigenvalue weighted by atomic mass is 10.1. The molecule has 0 radical (unpaired) electrons. The number of hydrogen-bond donors (Lipinski definition) is 2. The highest BCUT2D eigenvalue weighted by Crippen LogP contribution is 2.21. The van der Waals surface area contributed by atoms with Crippen LogP contribution in [0.4, 0.5) is 0 Å². The summed E-state index contributed by atoms with van der Waals surface area (Å²) < 4.78 is 33.0. The van der Waals surface area contributed by atoms with Crippen LogP contribution in [0.1, 0.15) is 47.8 Å². The van der Waals surface area contributed by atoms with Crippen molar-refractivity contribution >= 4 is 27.6 Å². The first-order valence-corrected chi connectivity index (χ1v) is 15.5. The lowest BCUT2D eigenvalue weighted by molar-refractivity contribution is -0.131. The van der Waals surface area contributed by atoms with E-state index in [2.05, 4.69) is 20.9 Å². The maximum atomic E-state index is 13.2. The van der Waals surface area contributed by atoms with Gasteiger partial charge in [0.25, 0.3) is 5.91 Å². The molecule has 0 aliphatic carbocycles. The molecule has 4 rings (SSSR count). The van der Waals surface area contributed by atoms with E-state index < -0.39 is 21.8 Å². The number of carbonyl (C=O) groups excluding carboxylic acids is 3. The summed E-state index contributed by atoms with van der Waals surface area (Å²) in [6.07, 6.45) is 2.53. The molecule has 0 spiro atoms. The Morgan fingerprint density at radius 3 is 2.67 bits per heavy atom. The molecule has 0 unspecified atom stereocenters. The van der Waals surface area contributed by atoms with Crippen molar-refractivity contribution in [1.29, 1.82) is 0 Å². The van der Waals surface area contributed by atoms with E-state index >= 15 is 0 Å². The van der Waals surface area contributed by atoms with Gasteiger partial charge in [-0.3, -0.25) is 19.1 Å². The fourth-order valence-electron chi connectivity index (χ4n) is 4.45. The van der Waals surface area contributed by atoms with Crippen LogP contribution in [-0.2, 0) is 32.5 Å². The largest absolute Gasteiger partial charge is 0.493 e. The van der Waals surface area contributed by atoms with Crippen LogP contribution in [0.2, 0.25) is 0 Å².